The summed E-state index contributed by atoms with van der Waals surface area (Å²) in [6.45, 7) is 3.62. The summed E-state index contributed by atoms with van der Waals surface area (Å²) in [4.78, 5) is 14.5. The Bertz CT molecular complexity index is 520. The first-order valence-corrected chi connectivity index (χ1v) is 8.23. The fraction of sp³-hybridized carbons (Fsp3) is 0.562. The van der Waals surface area contributed by atoms with Crippen LogP contribution < -0.4 is 15.5 Å². The third kappa shape index (κ3) is 3.72. The minimum absolute atomic E-state index is 0.0331. The van der Waals surface area contributed by atoms with Gasteiger partial charge in [0.25, 0.3) is 0 Å². The van der Waals surface area contributed by atoms with Crippen molar-refractivity contribution in [1.29, 1.82) is 0 Å². The maximum absolute atomic E-state index is 12.3. The summed E-state index contributed by atoms with van der Waals surface area (Å²) in [6, 6.07) is 7.78. The van der Waals surface area contributed by atoms with Gasteiger partial charge in [0.2, 0.25) is 5.91 Å². The Hall–Kier alpha value is -1.30. The molecule has 2 N–H and O–H groups in total. The highest BCUT2D eigenvalue weighted by Crippen LogP contribution is 2.27. The van der Waals surface area contributed by atoms with E-state index in [4.69, 9.17) is 16.3 Å². The quantitative estimate of drug-likeness (QED) is 0.883. The zero-order chi connectivity index (χ0) is 15.4. The van der Waals surface area contributed by atoms with Gasteiger partial charge in [-0.3, -0.25) is 4.79 Å². The van der Waals surface area contributed by atoms with Crippen LogP contribution in [-0.4, -0.2) is 50.8 Å². The molecule has 2 aliphatic heterocycles. The lowest BCUT2D eigenvalue weighted by molar-refractivity contribution is -0.126. The van der Waals surface area contributed by atoms with Gasteiger partial charge in [0, 0.05) is 25.7 Å². The van der Waals surface area contributed by atoms with Gasteiger partial charge in [-0.2, -0.15) is 0 Å². The van der Waals surface area contributed by atoms with Gasteiger partial charge in [-0.15, -0.1) is 0 Å². The molecule has 3 rings (SSSR count). The summed E-state index contributed by atoms with van der Waals surface area (Å²) < 4.78 is 5.35. The van der Waals surface area contributed by atoms with E-state index in [-0.39, 0.29) is 18.0 Å². The number of benzene rings is 1. The van der Waals surface area contributed by atoms with Crippen LogP contribution >= 0.6 is 11.6 Å². The first kappa shape index (κ1) is 15.6. The minimum atomic E-state index is -0.232. The smallest absolute Gasteiger partial charge is 0.239 e. The number of anilines is 1. The average Bonchev–Trinajstić information content (AvgIpc) is 2.56. The van der Waals surface area contributed by atoms with Crippen molar-refractivity contribution in [3.63, 3.8) is 0 Å². The lowest BCUT2D eigenvalue weighted by Crippen LogP contribution is -2.56. The number of hydrogen-bond donors (Lipinski definition) is 2. The Morgan fingerprint density at radius 1 is 1.41 bits per heavy atom. The fourth-order valence-electron chi connectivity index (χ4n) is 3.06. The molecule has 2 fully saturated rings. The van der Waals surface area contributed by atoms with Crippen molar-refractivity contribution in [3.05, 3.63) is 29.3 Å². The molecule has 0 aromatic heterocycles. The Balaban J connectivity index is 1.58. The highest BCUT2D eigenvalue weighted by molar-refractivity contribution is 6.33. The molecule has 1 aromatic carbocycles. The number of carbonyl (C=O) groups excluding carboxylic acids is 1. The standard InChI is InChI=1S/C16H22ClN3O2/c17-13-5-1-2-6-15(13)20-8-3-4-12(10-20)19-16(21)14-11-22-9-7-18-14/h1-2,5-6,12,14,18H,3-4,7-11H2,(H,19,21). The molecule has 22 heavy (non-hydrogen) atoms. The monoisotopic (exact) mass is 323 g/mol. The highest BCUT2D eigenvalue weighted by atomic mass is 35.5. The molecule has 2 atom stereocenters. The molecule has 0 saturated carbocycles. The summed E-state index contributed by atoms with van der Waals surface area (Å²) in [7, 11) is 0. The number of halogens is 1. The molecule has 1 aromatic rings. The van der Waals surface area contributed by atoms with Gasteiger partial charge in [0.05, 0.1) is 23.9 Å². The van der Waals surface area contributed by atoms with Gasteiger partial charge in [-0.1, -0.05) is 23.7 Å². The predicted octanol–water partition coefficient (Wildman–Crippen LogP) is 1.41. The number of nitrogens with one attached hydrogen (secondary N) is 2. The van der Waals surface area contributed by atoms with Crippen LogP contribution in [0.15, 0.2) is 24.3 Å². The van der Waals surface area contributed by atoms with E-state index in [0.717, 1.165) is 43.2 Å². The molecule has 6 heteroatoms. The number of para-hydroxylation sites is 1. The van der Waals surface area contributed by atoms with Gasteiger partial charge >= 0.3 is 0 Å². The summed E-state index contributed by atoms with van der Waals surface area (Å²) in [6.07, 6.45) is 2.05. The van der Waals surface area contributed by atoms with E-state index >= 15 is 0 Å². The molecule has 1 amide bonds. The van der Waals surface area contributed by atoms with Gasteiger partial charge in [-0.05, 0) is 25.0 Å². The van der Waals surface area contributed by atoms with Crippen LogP contribution in [-0.2, 0) is 9.53 Å². The second-order valence-corrected chi connectivity index (χ2v) is 6.23. The van der Waals surface area contributed by atoms with Crippen molar-refractivity contribution in [2.75, 3.05) is 37.7 Å². The fourth-order valence-corrected chi connectivity index (χ4v) is 3.31. The predicted molar refractivity (Wildman–Crippen MR) is 87.4 cm³/mol. The van der Waals surface area contributed by atoms with Crippen LogP contribution in [0.3, 0.4) is 0 Å². The number of piperidine rings is 1. The van der Waals surface area contributed by atoms with E-state index in [9.17, 15) is 4.79 Å². The lowest BCUT2D eigenvalue weighted by atomic mass is 10.0. The SMILES string of the molecule is O=C(NC1CCCN(c2ccccc2Cl)C1)C1COCCN1. The van der Waals surface area contributed by atoms with Crippen LogP contribution in [0, 0.1) is 0 Å². The number of rotatable bonds is 3. The van der Waals surface area contributed by atoms with Crippen LogP contribution in [0.1, 0.15) is 12.8 Å². The van der Waals surface area contributed by atoms with Crippen molar-refractivity contribution >= 4 is 23.2 Å². The van der Waals surface area contributed by atoms with Crippen molar-refractivity contribution in [2.24, 2.45) is 0 Å². The molecule has 0 aliphatic carbocycles. The molecule has 2 aliphatic rings. The molecular weight excluding hydrogens is 302 g/mol. The Morgan fingerprint density at radius 2 is 2.27 bits per heavy atom. The summed E-state index contributed by atoms with van der Waals surface area (Å²) in [5.74, 6) is 0.0331. The number of carbonyl (C=O) groups is 1. The van der Waals surface area contributed by atoms with Gasteiger partial charge in [0.1, 0.15) is 6.04 Å². The zero-order valence-corrected chi connectivity index (χ0v) is 13.3. The molecule has 0 radical (unpaired) electrons. The number of nitrogens with zero attached hydrogens (tertiary/aromatic N) is 1. The molecule has 5 nitrogen and oxygen atoms in total. The second-order valence-electron chi connectivity index (χ2n) is 5.83. The van der Waals surface area contributed by atoms with E-state index in [1.807, 2.05) is 24.3 Å². The van der Waals surface area contributed by atoms with Gasteiger partial charge < -0.3 is 20.3 Å². The van der Waals surface area contributed by atoms with E-state index in [1.54, 1.807) is 0 Å². The molecule has 2 heterocycles. The van der Waals surface area contributed by atoms with Crippen LogP contribution in [0.25, 0.3) is 0 Å². The maximum Gasteiger partial charge on any atom is 0.239 e. The topological polar surface area (TPSA) is 53.6 Å². The first-order chi connectivity index (χ1) is 10.7. The largest absolute Gasteiger partial charge is 0.378 e. The normalized spacial score (nSPS) is 25.8. The minimum Gasteiger partial charge on any atom is -0.378 e. The molecule has 0 spiro atoms. The maximum atomic E-state index is 12.3. The zero-order valence-electron chi connectivity index (χ0n) is 12.6. The Morgan fingerprint density at radius 3 is 3.05 bits per heavy atom. The van der Waals surface area contributed by atoms with Crippen molar-refractivity contribution in [2.45, 2.75) is 24.9 Å². The number of amides is 1. The summed E-state index contributed by atoms with van der Waals surface area (Å²) in [5.41, 5.74) is 1.04. The van der Waals surface area contributed by atoms with E-state index < -0.39 is 0 Å². The Kier molecular flexibility index (Phi) is 5.18. The molecule has 120 valence electrons. The third-order valence-electron chi connectivity index (χ3n) is 4.20. The summed E-state index contributed by atoms with van der Waals surface area (Å²) in [5, 5.41) is 7.09. The van der Waals surface area contributed by atoms with Gasteiger partial charge in [0.15, 0.2) is 0 Å². The number of morpholine rings is 1. The summed E-state index contributed by atoms with van der Waals surface area (Å²) >= 11 is 6.28. The first-order valence-electron chi connectivity index (χ1n) is 7.85. The van der Waals surface area contributed by atoms with Crippen LogP contribution in [0.4, 0.5) is 5.69 Å². The second kappa shape index (κ2) is 7.31. The van der Waals surface area contributed by atoms with E-state index in [2.05, 4.69) is 15.5 Å². The van der Waals surface area contributed by atoms with Crippen molar-refractivity contribution in [1.82, 2.24) is 10.6 Å². The van der Waals surface area contributed by atoms with Gasteiger partial charge in [-0.25, -0.2) is 0 Å². The lowest BCUT2D eigenvalue weighted by Gasteiger charge is -2.36. The molecule has 2 unspecified atom stereocenters. The number of hydrogen-bond acceptors (Lipinski definition) is 4. The third-order valence-corrected chi connectivity index (χ3v) is 4.52. The molecule has 0 bridgehead atoms. The van der Waals surface area contributed by atoms with Crippen molar-refractivity contribution < 1.29 is 9.53 Å². The van der Waals surface area contributed by atoms with E-state index in [1.165, 1.54) is 0 Å². The van der Waals surface area contributed by atoms with Crippen molar-refractivity contribution in [3.8, 4) is 0 Å². The van der Waals surface area contributed by atoms with Crippen LogP contribution in [0.2, 0.25) is 5.02 Å². The van der Waals surface area contributed by atoms with E-state index in [0.29, 0.717) is 13.2 Å². The molecule has 2 saturated heterocycles. The highest BCUT2D eigenvalue weighted by Gasteiger charge is 2.27. The average molecular weight is 324 g/mol. The Labute approximate surface area is 136 Å². The molecular formula is C16H22ClN3O2. The number of ether oxygens (including phenoxy) is 1. The van der Waals surface area contributed by atoms with Crippen LogP contribution in [0.5, 0.6) is 0 Å².